The first kappa shape index (κ1) is 21.7. The number of carboxylic acids is 1. The van der Waals surface area contributed by atoms with E-state index in [4.69, 9.17) is 5.11 Å². The van der Waals surface area contributed by atoms with Crippen LogP contribution in [0, 0.1) is 5.92 Å². The molecule has 0 fully saturated rings. The van der Waals surface area contributed by atoms with Gasteiger partial charge in [0.1, 0.15) is 10.8 Å². The highest BCUT2D eigenvalue weighted by Gasteiger charge is 2.29. The average molecular weight is 441 g/mol. The molecule has 1 atom stereocenters. The summed E-state index contributed by atoms with van der Waals surface area (Å²) in [6, 6.07) is 9.34. The second-order valence-corrected chi connectivity index (χ2v) is 8.05. The fraction of sp³-hybridized carbons (Fsp3) is 0.100. The Morgan fingerprint density at radius 3 is 2.42 bits per heavy atom. The van der Waals surface area contributed by atoms with Crippen molar-refractivity contribution in [1.82, 2.24) is 20.3 Å². The first-order valence-electron chi connectivity index (χ1n) is 9.06. The predicted octanol–water partition coefficient (Wildman–Crippen LogP) is 1.85. The zero-order valence-corrected chi connectivity index (χ0v) is 16.9. The molecule has 10 nitrogen and oxygen atoms in total. The SMILES string of the molecule is O=C(O)C1CC=C(c2ccc(NS(=O)(=O)c3cccnc3)cc2)NC1=O.c1c[nH]cn1. The normalized spacial score (nSPS) is 15.7. The van der Waals surface area contributed by atoms with Gasteiger partial charge in [0.2, 0.25) is 5.91 Å². The molecule has 4 rings (SSSR count). The number of rotatable bonds is 5. The molecule has 0 radical (unpaired) electrons. The van der Waals surface area contributed by atoms with Crippen LogP contribution in [0.5, 0.6) is 0 Å². The smallest absolute Gasteiger partial charge is 0.316 e. The van der Waals surface area contributed by atoms with Crippen LogP contribution in [-0.4, -0.2) is 40.4 Å². The summed E-state index contributed by atoms with van der Waals surface area (Å²) in [4.78, 5) is 33.0. The highest BCUT2D eigenvalue weighted by atomic mass is 32.2. The minimum absolute atomic E-state index is 0.0473. The zero-order chi connectivity index (χ0) is 22.3. The molecule has 1 aliphatic rings. The summed E-state index contributed by atoms with van der Waals surface area (Å²) in [5.41, 5.74) is 1.49. The first-order valence-corrected chi connectivity index (χ1v) is 10.5. The van der Waals surface area contributed by atoms with E-state index in [0.717, 1.165) is 0 Å². The molecule has 160 valence electrons. The molecular weight excluding hydrogens is 422 g/mol. The molecule has 0 saturated carbocycles. The number of H-pyrrole nitrogens is 1. The number of nitrogens with zero attached hydrogens (tertiary/aromatic N) is 2. The van der Waals surface area contributed by atoms with E-state index in [1.807, 2.05) is 0 Å². The zero-order valence-electron chi connectivity index (χ0n) is 16.1. The van der Waals surface area contributed by atoms with E-state index in [0.29, 0.717) is 16.9 Å². The van der Waals surface area contributed by atoms with Gasteiger partial charge in [0.25, 0.3) is 10.0 Å². The number of carbonyl (C=O) groups is 2. The number of aromatic amines is 1. The quantitative estimate of drug-likeness (QED) is 0.441. The molecule has 1 aliphatic heterocycles. The number of anilines is 1. The minimum Gasteiger partial charge on any atom is -0.481 e. The lowest BCUT2D eigenvalue weighted by Crippen LogP contribution is -2.37. The number of allylic oxidation sites excluding steroid dienone is 1. The first-order chi connectivity index (χ1) is 14.9. The van der Waals surface area contributed by atoms with Crippen LogP contribution in [0.2, 0.25) is 0 Å². The molecule has 11 heteroatoms. The molecule has 0 bridgehead atoms. The highest BCUT2D eigenvalue weighted by molar-refractivity contribution is 7.92. The van der Waals surface area contributed by atoms with Gasteiger partial charge in [0, 0.05) is 36.2 Å². The van der Waals surface area contributed by atoms with E-state index in [2.05, 4.69) is 25.0 Å². The van der Waals surface area contributed by atoms with Gasteiger partial charge in [0.05, 0.1) is 6.33 Å². The van der Waals surface area contributed by atoms with Crippen molar-refractivity contribution in [2.24, 2.45) is 5.92 Å². The third kappa shape index (κ3) is 5.76. The summed E-state index contributed by atoms with van der Waals surface area (Å²) >= 11 is 0. The van der Waals surface area contributed by atoms with Crippen LogP contribution in [0.4, 0.5) is 5.69 Å². The van der Waals surface area contributed by atoms with Crippen molar-refractivity contribution in [2.45, 2.75) is 11.3 Å². The molecule has 31 heavy (non-hydrogen) atoms. The lowest BCUT2D eigenvalue weighted by molar-refractivity contribution is -0.146. The van der Waals surface area contributed by atoms with Gasteiger partial charge in [-0.2, -0.15) is 0 Å². The lowest BCUT2D eigenvalue weighted by Gasteiger charge is -2.19. The number of pyridine rings is 1. The summed E-state index contributed by atoms with van der Waals surface area (Å²) in [6.45, 7) is 0. The van der Waals surface area contributed by atoms with Crippen LogP contribution in [0.15, 0.2) is 78.5 Å². The Morgan fingerprint density at radius 2 is 1.90 bits per heavy atom. The van der Waals surface area contributed by atoms with E-state index in [9.17, 15) is 18.0 Å². The average Bonchev–Trinajstić information content (AvgIpc) is 3.35. The number of sulfonamides is 1. The van der Waals surface area contributed by atoms with Gasteiger partial charge in [-0.05, 0) is 36.2 Å². The standard InChI is InChI=1S/C17H15N3O5S.C3H4N2/c21-16-14(17(22)23)7-8-15(19-16)11-3-5-12(6-4-11)20-26(24,25)13-2-1-9-18-10-13;1-2-5-3-4-1/h1-6,8-10,14,20H,7H2,(H,19,21)(H,22,23);1-3H,(H,4,5). The number of amides is 1. The van der Waals surface area contributed by atoms with E-state index >= 15 is 0 Å². The van der Waals surface area contributed by atoms with Crippen molar-refractivity contribution in [3.8, 4) is 0 Å². The van der Waals surface area contributed by atoms with Crippen molar-refractivity contribution < 1.29 is 23.1 Å². The van der Waals surface area contributed by atoms with E-state index in [1.54, 1.807) is 49.1 Å². The van der Waals surface area contributed by atoms with Crippen LogP contribution >= 0.6 is 0 Å². The maximum atomic E-state index is 12.3. The molecular formula is C20H19N5O5S. The maximum Gasteiger partial charge on any atom is 0.316 e. The van der Waals surface area contributed by atoms with Crippen LogP contribution in [-0.2, 0) is 19.6 Å². The van der Waals surface area contributed by atoms with Gasteiger partial charge in [-0.15, -0.1) is 0 Å². The summed E-state index contributed by atoms with van der Waals surface area (Å²) < 4.78 is 27.0. The Labute approximate surface area is 178 Å². The van der Waals surface area contributed by atoms with E-state index in [1.165, 1.54) is 24.5 Å². The Kier molecular flexibility index (Phi) is 6.78. The number of hydrogen-bond donors (Lipinski definition) is 4. The fourth-order valence-electron chi connectivity index (χ4n) is 2.67. The van der Waals surface area contributed by atoms with Crippen LogP contribution in [0.25, 0.3) is 5.70 Å². The van der Waals surface area contributed by atoms with Crippen molar-refractivity contribution in [3.05, 3.63) is 79.2 Å². The van der Waals surface area contributed by atoms with Crippen LogP contribution < -0.4 is 10.0 Å². The molecule has 0 aliphatic carbocycles. The number of nitrogens with one attached hydrogen (secondary N) is 3. The van der Waals surface area contributed by atoms with Gasteiger partial charge in [-0.3, -0.25) is 19.3 Å². The Bertz CT molecular complexity index is 1140. The van der Waals surface area contributed by atoms with Crippen LogP contribution in [0.3, 0.4) is 0 Å². The summed E-state index contributed by atoms with van der Waals surface area (Å²) in [6.07, 6.45) is 9.55. The third-order valence-corrected chi connectivity index (χ3v) is 5.60. The summed E-state index contributed by atoms with van der Waals surface area (Å²) in [7, 11) is -3.74. The second-order valence-electron chi connectivity index (χ2n) is 6.37. The van der Waals surface area contributed by atoms with Crippen molar-refractivity contribution in [2.75, 3.05) is 4.72 Å². The molecule has 1 unspecified atom stereocenters. The molecule has 1 aromatic carbocycles. The molecule has 0 spiro atoms. The monoisotopic (exact) mass is 441 g/mol. The van der Waals surface area contributed by atoms with Crippen molar-refractivity contribution in [1.29, 1.82) is 0 Å². The van der Waals surface area contributed by atoms with Crippen LogP contribution in [0.1, 0.15) is 12.0 Å². The fourth-order valence-corrected chi connectivity index (χ4v) is 3.69. The topological polar surface area (TPSA) is 154 Å². The number of aromatic nitrogens is 3. The Balaban J connectivity index is 0.000000478. The van der Waals surface area contributed by atoms with Crippen molar-refractivity contribution in [3.63, 3.8) is 0 Å². The molecule has 3 aromatic rings. The third-order valence-electron chi connectivity index (χ3n) is 4.23. The Morgan fingerprint density at radius 1 is 1.13 bits per heavy atom. The van der Waals surface area contributed by atoms with Crippen molar-refractivity contribution >= 4 is 33.3 Å². The minimum atomic E-state index is -3.74. The van der Waals surface area contributed by atoms with Gasteiger partial charge >= 0.3 is 5.97 Å². The van der Waals surface area contributed by atoms with Gasteiger partial charge in [0.15, 0.2) is 0 Å². The lowest BCUT2D eigenvalue weighted by atomic mass is 9.98. The molecule has 1 amide bonds. The summed E-state index contributed by atoms with van der Waals surface area (Å²) in [5.74, 6) is -2.83. The molecule has 3 heterocycles. The molecule has 0 saturated heterocycles. The number of hydrogen-bond acceptors (Lipinski definition) is 6. The van der Waals surface area contributed by atoms with Gasteiger partial charge in [-0.25, -0.2) is 13.4 Å². The largest absolute Gasteiger partial charge is 0.481 e. The van der Waals surface area contributed by atoms with Gasteiger partial charge < -0.3 is 15.4 Å². The molecule has 4 N–H and O–H groups in total. The number of benzene rings is 1. The van der Waals surface area contributed by atoms with Gasteiger partial charge in [-0.1, -0.05) is 18.2 Å². The maximum absolute atomic E-state index is 12.3. The predicted molar refractivity (Wildman–Crippen MR) is 112 cm³/mol. The second kappa shape index (κ2) is 9.67. The number of imidazole rings is 1. The number of aliphatic carboxylic acids is 1. The number of carbonyl (C=O) groups excluding carboxylic acids is 1. The van der Waals surface area contributed by atoms with E-state index in [-0.39, 0.29) is 11.3 Å². The van der Waals surface area contributed by atoms with E-state index < -0.39 is 27.8 Å². The molecule has 2 aromatic heterocycles. The Hall–Kier alpha value is -3.99. The highest BCUT2D eigenvalue weighted by Crippen LogP contribution is 2.23. The number of carboxylic acid groups (broad SMARTS) is 1. The summed E-state index contributed by atoms with van der Waals surface area (Å²) in [5, 5.41) is 11.5.